The molecule has 0 aliphatic rings. The van der Waals surface area contributed by atoms with Crippen molar-refractivity contribution in [2.45, 2.75) is 19.9 Å². The van der Waals surface area contributed by atoms with Crippen molar-refractivity contribution in [3.05, 3.63) is 95.3 Å². The standard InChI is InChI=1S/C23H22FN3O2S/c1-15-7-3-4-8-19(15)16(2)25-23(29)27(30)18-13-11-17(12-14-18)26-22(28)20-9-5-6-10-21(20)24/h3-14,16,30H,1-2H3,(H,25,29)(H,26,28). The number of nitrogens with zero attached hydrogens (tertiary/aromatic N) is 1. The summed E-state index contributed by atoms with van der Waals surface area (Å²) in [5.41, 5.74) is 3.07. The Morgan fingerprint density at radius 1 is 0.967 bits per heavy atom. The second kappa shape index (κ2) is 9.45. The number of aryl methyl sites for hydroxylation is 1. The molecule has 0 saturated carbocycles. The minimum absolute atomic E-state index is 0.0398. The minimum Gasteiger partial charge on any atom is -0.330 e. The van der Waals surface area contributed by atoms with Crippen LogP contribution >= 0.6 is 12.8 Å². The molecule has 0 spiro atoms. The van der Waals surface area contributed by atoms with E-state index in [2.05, 4.69) is 23.4 Å². The van der Waals surface area contributed by atoms with Crippen LogP contribution in [0.2, 0.25) is 0 Å². The van der Waals surface area contributed by atoms with E-state index in [0.29, 0.717) is 11.4 Å². The zero-order valence-corrected chi connectivity index (χ0v) is 17.5. The smallest absolute Gasteiger partial charge is 0.330 e. The normalized spacial score (nSPS) is 11.5. The Hall–Kier alpha value is -3.32. The molecule has 0 fully saturated rings. The van der Waals surface area contributed by atoms with Crippen molar-refractivity contribution in [2.24, 2.45) is 0 Å². The number of benzene rings is 3. The van der Waals surface area contributed by atoms with Gasteiger partial charge in [-0.05, 0) is 61.4 Å². The van der Waals surface area contributed by atoms with Crippen LogP contribution in [0, 0.1) is 12.7 Å². The predicted molar refractivity (Wildman–Crippen MR) is 120 cm³/mol. The number of halogens is 1. The van der Waals surface area contributed by atoms with E-state index < -0.39 is 11.7 Å². The number of urea groups is 1. The Morgan fingerprint density at radius 2 is 1.60 bits per heavy atom. The summed E-state index contributed by atoms with van der Waals surface area (Å²) in [6, 6.07) is 19.5. The van der Waals surface area contributed by atoms with Crippen molar-refractivity contribution in [3.8, 4) is 0 Å². The van der Waals surface area contributed by atoms with Gasteiger partial charge in [0.15, 0.2) is 0 Å². The number of hydrogen-bond acceptors (Lipinski definition) is 3. The monoisotopic (exact) mass is 423 g/mol. The number of carbonyl (C=O) groups excluding carboxylic acids is 2. The number of hydrogen-bond donors (Lipinski definition) is 3. The predicted octanol–water partition coefficient (Wildman–Crippen LogP) is 5.51. The Morgan fingerprint density at radius 3 is 2.27 bits per heavy atom. The van der Waals surface area contributed by atoms with Crippen molar-refractivity contribution in [3.63, 3.8) is 0 Å². The molecule has 3 rings (SSSR count). The molecular weight excluding hydrogens is 401 g/mol. The molecule has 30 heavy (non-hydrogen) atoms. The maximum Gasteiger partial charge on any atom is 0.332 e. The lowest BCUT2D eigenvalue weighted by molar-refractivity contribution is 0.102. The fourth-order valence-corrected chi connectivity index (χ4v) is 3.23. The first-order valence-electron chi connectivity index (χ1n) is 9.38. The highest BCUT2D eigenvalue weighted by Gasteiger charge is 2.17. The molecular formula is C23H22FN3O2S. The van der Waals surface area contributed by atoms with Gasteiger partial charge in [0.05, 0.1) is 17.3 Å². The quantitative estimate of drug-likeness (QED) is 0.474. The van der Waals surface area contributed by atoms with E-state index >= 15 is 0 Å². The van der Waals surface area contributed by atoms with Gasteiger partial charge in [-0.25, -0.2) is 13.5 Å². The molecule has 3 aromatic carbocycles. The molecule has 0 heterocycles. The van der Waals surface area contributed by atoms with Crippen LogP contribution in [0.5, 0.6) is 0 Å². The zero-order valence-electron chi connectivity index (χ0n) is 16.6. The first-order chi connectivity index (χ1) is 14.4. The lowest BCUT2D eigenvalue weighted by Gasteiger charge is -2.21. The van der Waals surface area contributed by atoms with Gasteiger partial charge in [0.25, 0.3) is 5.91 Å². The summed E-state index contributed by atoms with van der Waals surface area (Å²) in [6.45, 7) is 3.90. The van der Waals surface area contributed by atoms with E-state index in [1.54, 1.807) is 30.3 Å². The summed E-state index contributed by atoms with van der Waals surface area (Å²) in [7, 11) is 0. The highest BCUT2D eigenvalue weighted by molar-refractivity contribution is 7.82. The molecule has 0 saturated heterocycles. The van der Waals surface area contributed by atoms with Gasteiger partial charge in [-0.2, -0.15) is 0 Å². The zero-order chi connectivity index (χ0) is 21.7. The van der Waals surface area contributed by atoms with Crippen LogP contribution < -0.4 is 14.9 Å². The van der Waals surface area contributed by atoms with Crippen LogP contribution in [0.25, 0.3) is 0 Å². The Kier molecular flexibility index (Phi) is 6.74. The van der Waals surface area contributed by atoms with Crippen LogP contribution in [0.4, 0.5) is 20.6 Å². The van der Waals surface area contributed by atoms with Crippen LogP contribution in [-0.2, 0) is 0 Å². The summed E-state index contributed by atoms with van der Waals surface area (Å²) in [5, 5.41) is 5.54. The Labute approximate surface area is 180 Å². The largest absolute Gasteiger partial charge is 0.332 e. The van der Waals surface area contributed by atoms with Gasteiger partial charge in [-0.15, -0.1) is 0 Å². The average Bonchev–Trinajstić information content (AvgIpc) is 2.74. The van der Waals surface area contributed by atoms with Crippen LogP contribution in [0.3, 0.4) is 0 Å². The first-order valence-corrected chi connectivity index (χ1v) is 9.78. The second-order valence-corrected chi connectivity index (χ2v) is 7.22. The maximum absolute atomic E-state index is 13.7. The van der Waals surface area contributed by atoms with Gasteiger partial charge in [0, 0.05) is 5.69 Å². The molecule has 3 amide bonds. The van der Waals surface area contributed by atoms with E-state index in [4.69, 9.17) is 0 Å². The molecule has 0 aliphatic heterocycles. The third kappa shape index (κ3) is 4.99. The summed E-state index contributed by atoms with van der Waals surface area (Å²) in [4.78, 5) is 24.8. The molecule has 0 radical (unpaired) electrons. The molecule has 154 valence electrons. The third-order valence-corrected chi connectivity index (χ3v) is 5.09. The highest BCUT2D eigenvalue weighted by Crippen LogP contribution is 2.22. The van der Waals surface area contributed by atoms with Gasteiger partial charge in [-0.3, -0.25) is 4.79 Å². The van der Waals surface area contributed by atoms with Crippen LogP contribution in [0.15, 0.2) is 72.8 Å². The minimum atomic E-state index is -0.590. The average molecular weight is 424 g/mol. The molecule has 5 nitrogen and oxygen atoms in total. The van der Waals surface area contributed by atoms with E-state index in [0.717, 1.165) is 11.1 Å². The molecule has 0 aliphatic carbocycles. The first kappa shape index (κ1) is 21.4. The maximum atomic E-state index is 13.7. The summed E-state index contributed by atoms with van der Waals surface area (Å²) < 4.78 is 14.9. The number of thiol groups is 1. The van der Waals surface area contributed by atoms with E-state index in [9.17, 15) is 14.0 Å². The van der Waals surface area contributed by atoms with Crippen molar-refractivity contribution in [1.82, 2.24) is 5.32 Å². The number of anilines is 2. The fraction of sp³-hybridized carbons (Fsp3) is 0.130. The van der Waals surface area contributed by atoms with E-state index in [-0.39, 0.29) is 17.6 Å². The van der Waals surface area contributed by atoms with Crippen molar-refractivity contribution in [1.29, 1.82) is 0 Å². The van der Waals surface area contributed by atoms with Gasteiger partial charge in [0.1, 0.15) is 5.82 Å². The van der Waals surface area contributed by atoms with Crippen LogP contribution in [0.1, 0.15) is 34.5 Å². The molecule has 3 aromatic rings. The Bertz CT molecular complexity index is 1060. The molecule has 2 N–H and O–H groups in total. The van der Waals surface area contributed by atoms with E-state index in [1.807, 2.05) is 38.1 Å². The highest BCUT2D eigenvalue weighted by atomic mass is 32.1. The topological polar surface area (TPSA) is 61.4 Å². The Balaban J connectivity index is 1.64. The summed E-state index contributed by atoms with van der Waals surface area (Å²) in [5.74, 6) is -1.14. The lowest BCUT2D eigenvalue weighted by Crippen LogP contribution is -2.36. The van der Waals surface area contributed by atoms with Crippen molar-refractivity contribution < 1.29 is 14.0 Å². The lowest BCUT2D eigenvalue weighted by atomic mass is 10.0. The SMILES string of the molecule is Cc1ccccc1C(C)NC(=O)N(S)c1ccc(NC(=O)c2ccccc2F)cc1. The van der Waals surface area contributed by atoms with Crippen molar-refractivity contribution >= 4 is 36.1 Å². The van der Waals surface area contributed by atoms with Gasteiger partial charge >= 0.3 is 6.03 Å². The number of amides is 3. The molecule has 1 unspecified atom stereocenters. The summed E-state index contributed by atoms with van der Waals surface area (Å²) in [6.07, 6.45) is 0. The molecule has 0 aromatic heterocycles. The molecule has 1 atom stereocenters. The number of rotatable bonds is 5. The van der Waals surface area contributed by atoms with Crippen LogP contribution in [-0.4, -0.2) is 11.9 Å². The van der Waals surface area contributed by atoms with Crippen molar-refractivity contribution in [2.75, 3.05) is 9.62 Å². The van der Waals surface area contributed by atoms with Gasteiger partial charge in [0.2, 0.25) is 0 Å². The van der Waals surface area contributed by atoms with Gasteiger partial charge < -0.3 is 10.6 Å². The second-order valence-electron chi connectivity index (χ2n) is 6.82. The molecule has 0 bridgehead atoms. The number of carbonyl (C=O) groups is 2. The number of nitrogens with one attached hydrogen (secondary N) is 2. The summed E-state index contributed by atoms with van der Waals surface area (Å²) >= 11 is 4.29. The molecule has 7 heteroatoms. The third-order valence-electron chi connectivity index (χ3n) is 4.68. The van der Waals surface area contributed by atoms with E-state index in [1.165, 1.54) is 22.5 Å². The fourth-order valence-electron chi connectivity index (χ4n) is 3.04. The van der Waals surface area contributed by atoms with Gasteiger partial charge in [-0.1, -0.05) is 49.2 Å².